The standard InChI is InChI=1S/C15H13ClN4O3S/c16-10-6-9(7-11-13(10)23-5-1-4-22-11)8-18-14-19-20-12(21)2-3-17-15(20)24-14/h2-3,6-7H,1,4-5,8H2,(H,18,19). The van der Waals surface area contributed by atoms with Gasteiger partial charge in [0.1, 0.15) is 0 Å². The fourth-order valence-corrected chi connectivity index (χ4v) is 3.44. The molecule has 0 aliphatic carbocycles. The number of ether oxygens (including phenoxy) is 2. The van der Waals surface area contributed by atoms with E-state index in [1.54, 1.807) is 0 Å². The van der Waals surface area contributed by atoms with E-state index in [4.69, 9.17) is 21.1 Å². The van der Waals surface area contributed by atoms with Crippen LogP contribution in [0.1, 0.15) is 12.0 Å². The molecule has 0 unspecified atom stereocenters. The molecule has 0 amide bonds. The van der Waals surface area contributed by atoms with Crippen LogP contribution in [0.4, 0.5) is 5.13 Å². The van der Waals surface area contributed by atoms with E-state index in [9.17, 15) is 4.79 Å². The number of rotatable bonds is 3. The van der Waals surface area contributed by atoms with Gasteiger partial charge in [0.2, 0.25) is 10.1 Å². The summed E-state index contributed by atoms with van der Waals surface area (Å²) in [6.07, 6.45) is 2.30. The van der Waals surface area contributed by atoms with Crippen LogP contribution in [0.5, 0.6) is 11.5 Å². The van der Waals surface area contributed by atoms with Crippen molar-refractivity contribution in [3.63, 3.8) is 0 Å². The third-order valence-corrected chi connectivity index (χ3v) is 4.64. The zero-order valence-electron chi connectivity index (χ0n) is 12.5. The van der Waals surface area contributed by atoms with Crippen LogP contribution in [0.15, 0.2) is 29.2 Å². The summed E-state index contributed by atoms with van der Waals surface area (Å²) in [5, 5.41) is 8.52. The molecule has 3 aromatic rings. The van der Waals surface area contributed by atoms with Crippen molar-refractivity contribution in [1.29, 1.82) is 0 Å². The molecule has 0 saturated carbocycles. The molecular weight excluding hydrogens is 352 g/mol. The van der Waals surface area contributed by atoms with E-state index in [0.717, 1.165) is 12.0 Å². The average molecular weight is 365 g/mol. The Labute approximate surface area is 145 Å². The Morgan fingerprint density at radius 2 is 2.21 bits per heavy atom. The van der Waals surface area contributed by atoms with Crippen LogP contribution < -0.4 is 20.3 Å². The normalized spacial score (nSPS) is 13.7. The molecule has 4 rings (SSSR count). The number of anilines is 1. The van der Waals surface area contributed by atoms with Crippen LogP contribution in [0.3, 0.4) is 0 Å². The highest BCUT2D eigenvalue weighted by molar-refractivity contribution is 7.20. The molecule has 1 N–H and O–H groups in total. The fraction of sp³-hybridized carbons (Fsp3) is 0.267. The molecule has 9 heteroatoms. The van der Waals surface area contributed by atoms with Crippen LogP contribution in [-0.2, 0) is 6.54 Å². The smallest absolute Gasteiger partial charge is 0.275 e. The molecule has 0 atom stereocenters. The predicted molar refractivity (Wildman–Crippen MR) is 91.5 cm³/mol. The molecule has 24 heavy (non-hydrogen) atoms. The Balaban J connectivity index is 1.57. The van der Waals surface area contributed by atoms with Crippen molar-refractivity contribution in [2.75, 3.05) is 18.5 Å². The average Bonchev–Trinajstić information content (AvgIpc) is 2.84. The molecule has 0 fully saturated rings. The Hall–Kier alpha value is -2.32. The van der Waals surface area contributed by atoms with Crippen molar-refractivity contribution in [2.24, 2.45) is 0 Å². The molecule has 0 spiro atoms. The summed E-state index contributed by atoms with van der Waals surface area (Å²) in [6.45, 7) is 1.69. The number of nitrogens with one attached hydrogen (secondary N) is 1. The van der Waals surface area contributed by atoms with Gasteiger partial charge in [-0.3, -0.25) is 4.79 Å². The van der Waals surface area contributed by atoms with Crippen LogP contribution in [-0.4, -0.2) is 27.8 Å². The first-order valence-electron chi connectivity index (χ1n) is 7.37. The first-order chi connectivity index (χ1) is 11.7. The minimum absolute atomic E-state index is 0.206. The second-order valence-corrected chi connectivity index (χ2v) is 6.56. The van der Waals surface area contributed by atoms with Crippen molar-refractivity contribution in [1.82, 2.24) is 14.6 Å². The summed E-state index contributed by atoms with van der Waals surface area (Å²) in [5.41, 5.74) is 0.728. The van der Waals surface area contributed by atoms with Crippen LogP contribution in [0.25, 0.3) is 4.96 Å². The van der Waals surface area contributed by atoms with Crippen molar-refractivity contribution >= 4 is 33.0 Å². The van der Waals surface area contributed by atoms with E-state index in [1.807, 2.05) is 12.1 Å². The number of nitrogens with zero attached hydrogens (tertiary/aromatic N) is 3. The summed E-state index contributed by atoms with van der Waals surface area (Å²) >= 11 is 7.59. The van der Waals surface area contributed by atoms with Gasteiger partial charge in [0.05, 0.1) is 18.2 Å². The maximum atomic E-state index is 11.7. The number of halogens is 1. The molecule has 1 aliphatic rings. The highest BCUT2D eigenvalue weighted by Crippen LogP contribution is 2.38. The van der Waals surface area contributed by atoms with E-state index < -0.39 is 0 Å². The molecule has 1 aliphatic heterocycles. The van der Waals surface area contributed by atoms with E-state index in [0.29, 0.717) is 46.4 Å². The van der Waals surface area contributed by atoms with Gasteiger partial charge in [-0.05, 0) is 17.7 Å². The first-order valence-corrected chi connectivity index (χ1v) is 8.57. The van der Waals surface area contributed by atoms with Gasteiger partial charge in [-0.1, -0.05) is 22.9 Å². The lowest BCUT2D eigenvalue weighted by atomic mass is 10.2. The lowest BCUT2D eigenvalue weighted by Crippen LogP contribution is -2.12. The molecule has 0 radical (unpaired) electrons. The summed E-state index contributed by atoms with van der Waals surface area (Å²) in [4.78, 5) is 16.4. The van der Waals surface area contributed by atoms with Crippen molar-refractivity contribution in [3.05, 3.63) is 45.3 Å². The molecule has 1 aromatic carbocycles. The van der Waals surface area contributed by atoms with Gasteiger partial charge in [0.25, 0.3) is 5.56 Å². The number of aromatic nitrogens is 3. The van der Waals surface area contributed by atoms with Crippen LogP contribution >= 0.6 is 22.9 Å². The Kier molecular flexibility index (Phi) is 3.99. The van der Waals surface area contributed by atoms with Crippen molar-refractivity contribution in [3.8, 4) is 11.5 Å². The van der Waals surface area contributed by atoms with Gasteiger partial charge in [0.15, 0.2) is 11.5 Å². The lowest BCUT2D eigenvalue weighted by Gasteiger charge is -2.11. The maximum absolute atomic E-state index is 11.7. The van der Waals surface area contributed by atoms with Gasteiger partial charge < -0.3 is 14.8 Å². The fourth-order valence-electron chi connectivity index (χ4n) is 2.38. The van der Waals surface area contributed by atoms with E-state index >= 15 is 0 Å². The molecule has 3 heterocycles. The third kappa shape index (κ3) is 2.90. The van der Waals surface area contributed by atoms with Gasteiger partial charge in [-0.15, -0.1) is 5.10 Å². The third-order valence-electron chi connectivity index (χ3n) is 3.48. The summed E-state index contributed by atoms with van der Waals surface area (Å²) in [5.74, 6) is 1.24. The Bertz CT molecular complexity index is 956. The van der Waals surface area contributed by atoms with Gasteiger partial charge >= 0.3 is 0 Å². The topological polar surface area (TPSA) is 77.8 Å². The molecule has 0 bridgehead atoms. The largest absolute Gasteiger partial charge is 0.489 e. The predicted octanol–water partition coefficient (Wildman–Crippen LogP) is 2.58. The molecular formula is C15H13ClN4O3S. The highest BCUT2D eigenvalue weighted by atomic mass is 35.5. The molecule has 124 valence electrons. The lowest BCUT2D eigenvalue weighted by molar-refractivity contribution is 0.297. The van der Waals surface area contributed by atoms with Crippen molar-refractivity contribution < 1.29 is 9.47 Å². The van der Waals surface area contributed by atoms with Crippen LogP contribution in [0, 0.1) is 0 Å². The summed E-state index contributed by atoms with van der Waals surface area (Å²) < 4.78 is 12.6. The van der Waals surface area contributed by atoms with Gasteiger partial charge in [0, 0.05) is 25.2 Å². The minimum Gasteiger partial charge on any atom is -0.489 e. The van der Waals surface area contributed by atoms with Crippen molar-refractivity contribution in [2.45, 2.75) is 13.0 Å². The second kappa shape index (κ2) is 6.29. The highest BCUT2D eigenvalue weighted by Gasteiger charge is 2.16. The monoisotopic (exact) mass is 364 g/mol. The zero-order chi connectivity index (χ0) is 16.5. The number of fused-ring (bicyclic) bond motifs is 2. The number of benzene rings is 1. The summed E-state index contributed by atoms with van der Waals surface area (Å²) in [7, 11) is 0. The summed E-state index contributed by atoms with van der Waals surface area (Å²) in [6, 6.07) is 5.11. The second-order valence-electron chi connectivity index (χ2n) is 5.19. The Morgan fingerprint density at radius 1 is 1.33 bits per heavy atom. The van der Waals surface area contributed by atoms with E-state index in [-0.39, 0.29) is 5.56 Å². The van der Waals surface area contributed by atoms with E-state index in [1.165, 1.54) is 28.1 Å². The quantitative estimate of drug-likeness (QED) is 0.769. The molecule has 7 nitrogen and oxygen atoms in total. The van der Waals surface area contributed by atoms with E-state index in [2.05, 4.69) is 15.4 Å². The van der Waals surface area contributed by atoms with Gasteiger partial charge in [-0.25, -0.2) is 4.98 Å². The zero-order valence-corrected chi connectivity index (χ0v) is 14.1. The first kappa shape index (κ1) is 15.2. The van der Waals surface area contributed by atoms with Gasteiger partial charge in [-0.2, -0.15) is 4.52 Å². The number of hydrogen-bond acceptors (Lipinski definition) is 7. The SMILES string of the molecule is O=c1ccnc2sc(NCc3cc(Cl)c4c(c3)OCCCO4)nn12. The Morgan fingerprint density at radius 3 is 3.08 bits per heavy atom. The maximum Gasteiger partial charge on any atom is 0.275 e. The van der Waals surface area contributed by atoms with Crippen LogP contribution in [0.2, 0.25) is 5.02 Å². The molecule has 2 aromatic heterocycles. The number of hydrogen-bond donors (Lipinski definition) is 1. The molecule has 0 saturated heterocycles. The minimum atomic E-state index is -0.206.